The minimum atomic E-state index is -0.896. The van der Waals surface area contributed by atoms with Crippen LogP contribution in [0.5, 0.6) is 5.75 Å². The standard InChI is InChI=1S/C21H25N3O5/c1-14(2)19(24-21(27)23-15-7-5-4-6-8-15)20(26)29-13-18(25)22-16-9-11-17(28-3)12-10-16/h4-12,14,19H,13H2,1-3H3,(H,22,25)(H2,23,24,27)/t19-/m1/s1. The summed E-state index contributed by atoms with van der Waals surface area (Å²) in [5.41, 5.74) is 1.15. The summed E-state index contributed by atoms with van der Waals surface area (Å²) in [7, 11) is 1.55. The van der Waals surface area contributed by atoms with Crippen molar-refractivity contribution >= 4 is 29.3 Å². The van der Waals surface area contributed by atoms with Gasteiger partial charge < -0.3 is 25.4 Å². The van der Waals surface area contributed by atoms with Crippen molar-refractivity contribution in [1.82, 2.24) is 5.32 Å². The number of rotatable bonds is 8. The Morgan fingerprint density at radius 1 is 0.897 bits per heavy atom. The molecule has 0 saturated carbocycles. The second kappa shape index (κ2) is 10.7. The van der Waals surface area contributed by atoms with Crippen LogP contribution in [0.1, 0.15) is 13.8 Å². The summed E-state index contributed by atoms with van der Waals surface area (Å²) < 4.78 is 10.1. The first-order valence-electron chi connectivity index (χ1n) is 9.12. The van der Waals surface area contributed by atoms with Gasteiger partial charge in [-0.25, -0.2) is 9.59 Å². The molecule has 0 spiro atoms. The molecule has 0 aliphatic rings. The Hall–Kier alpha value is -3.55. The van der Waals surface area contributed by atoms with E-state index in [0.717, 1.165) is 0 Å². The predicted molar refractivity (Wildman–Crippen MR) is 110 cm³/mol. The van der Waals surface area contributed by atoms with E-state index in [0.29, 0.717) is 17.1 Å². The van der Waals surface area contributed by atoms with Gasteiger partial charge in [0.1, 0.15) is 11.8 Å². The van der Waals surface area contributed by atoms with Gasteiger partial charge in [-0.15, -0.1) is 0 Å². The first-order chi connectivity index (χ1) is 13.9. The highest BCUT2D eigenvalue weighted by Gasteiger charge is 2.26. The number of para-hydroxylation sites is 1. The Labute approximate surface area is 169 Å². The molecule has 2 aromatic rings. The molecule has 0 heterocycles. The first kappa shape index (κ1) is 21.7. The van der Waals surface area contributed by atoms with Gasteiger partial charge in [-0.05, 0) is 42.3 Å². The Morgan fingerprint density at radius 2 is 1.52 bits per heavy atom. The third-order valence-electron chi connectivity index (χ3n) is 3.96. The summed E-state index contributed by atoms with van der Waals surface area (Å²) in [6.07, 6.45) is 0. The maximum atomic E-state index is 12.4. The molecule has 0 aromatic heterocycles. The number of esters is 1. The van der Waals surface area contributed by atoms with Crippen LogP contribution < -0.4 is 20.7 Å². The Kier molecular flexibility index (Phi) is 8.02. The van der Waals surface area contributed by atoms with Crippen molar-refractivity contribution in [3.63, 3.8) is 0 Å². The minimum Gasteiger partial charge on any atom is -0.497 e. The summed E-state index contributed by atoms with van der Waals surface area (Å²) in [5.74, 6) is -0.740. The number of carbonyl (C=O) groups is 3. The van der Waals surface area contributed by atoms with Crippen molar-refractivity contribution < 1.29 is 23.9 Å². The smallest absolute Gasteiger partial charge is 0.329 e. The van der Waals surface area contributed by atoms with Crippen LogP contribution in [-0.4, -0.2) is 37.7 Å². The Morgan fingerprint density at radius 3 is 2.10 bits per heavy atom. The Balaban J connectivity index is 1.84. The van der Waals surface area contributed by atoms with Crippen LogP contribution in [-0.2, 0) is 14.3 Å². The predicted octanol–water partition coefficient (Wildman–Crippen LogP) is 3.02. The van der Waals surface area contributed by atoms with Crippen molar-refractivity contribution in [3.8, 4) is 5.75 Å². The summed E-state index contributed by atoms with van der Waals surface area (Å²) in [6.45, 7) is 3.08. The molecule has 0 bridgehead atoms. The third kappa shape index (κ3) is 7.17. The largest absolute Gasteiger partial charge is 0.497 e. The molecule has 2 aromatic carbocycles. The monoisotopic (exact) mass is 399 g/mol. The molecule has 0 aliphatic carbocycles. The van der Waals surface area contributed by atoms with Gasteiger partial charge in [0, 0.05) is 11.4 Å². The summed E-state index contributed by atoms with van der Waals surface area (Å²) in [5, 5.41) is 7.84. The number of ether oxygens (including phenoxy) is 2. The van der Waals surface area contributed by atoms with Gasteiger partial charge in [0.05, 0.1) is 7.11 Å². The van der Waals surface area contributed by atoms with Gasteiger partial charge in [-0.1, -0.05) is 32.0 Å². The molecule has 0 radical (unpaired) electrons. The fourth-order valence-electron chi connectivity index (χ4n) is 2.43. The molecule has 8 nitrogen and oxygen atoms in total. The molecular weight excluding hydrogens is 374 g/mol. The SMILES string of the molecule is COc1ccc(NC(=O)COC(=O)[C@H](NC(=O)Nc2ccccc2)C(C)C)cc1. The lowest BCUT2D eigenvalue weighted by Crippen LogP contribution is -2.47. The average molecular weight is 399 g/mol. The maximum absolute atomic E-state index is 12.4. The van der Waals surface area contributed by atoms with Crippen LogP contribution in [0.3, 0.4) is 0 Å². The number of benzene rings is 2. The van der Waals surface area contributed by atoms with Crippen molar-refractivity contribution in [2.75, 3.05) is 24.4 Å². The lowest BCUT2D eigenvalue weighted by molar-refractivity contribution is -0.150. The van der Waals surface area contributed by atoms with Crippen LogP contribution >= 0.6 is 0 Å². The second-order valence-corrected chi connectivity index (χ2v) is 6.57. The van der Waals surface area contributed by atoms with Crippen LogP contribution in [0.25, 0.3) is 0 Å². The number of carbonyl (C=O) groups excluding carboxylic acids is 3. The van der Waals surface area contributed by atoms with Gasteiger partial charge in [0.2, 0.25) is 0 Å². The fourth-order valence-corrected chi connectivity index (χ4v) is 2.43. The van der Waals surface area contributed by atoms with E-state index in [1.165, 1.54) is 0 Å². The van der Waals surface area contributed by atoms with Crippen molar-refractivity contribution in [2.24, 2.45) is 5.92 Å². The lowest BCUT2D eigenvalue weighted by Gasteiger charge is -2.21. The van der Waals surface area contributed by atoms with E-state index in [1.807, 2.05) is 6.07 Å². The molecule has 2 rings (SSSR count). The summed E-state index contributed by atoms with van der Waals surface area (Å²) in [6, 6.07) is 14.2. The molecule has 0 aliphatic heterocycles. The van der Waals surface area contributed by atoms with Gasteiger partial charge >= 0.3 is 12.0 Å². The Bertz CT molecular complexity index is 822. The molecule has 0 fully saturated rings. The molecule has 8 heteroatoms. The van der Waals surface area contributed by atoms with Crippen molar-refractivity contribution in [2.45, 2.75) is 19.9 Å². The maximum Gasteiger partial charge on any atom is 0.329 e. The fraction of sp³-hybridized carbons (Fsp3) is 0.286. The van der Waals surface area contributed by atoms with Crippen LogP contribution in [0.2, 0.25) is 0 Å². The molecule has 3 amide bonds. The van der Waals surface area contributed by atoms with Crippen molar-refractivity contribution in [1.29, 1.82) is 0 Å². The van der Waals surface area contributed by atoms with Crippen molar-refractivity contribution in [3.05, 3.63) is 54.6 Å². The summed E-state index contributed by atoms with van der Waals surface area (Å²) in [4.78, 5) is 36.5. The minimum absolute atomic E-state index is 0.228. The zero-order valence-electron chi connectivity index (χ0n) is 16.6. The zero-order chi connectivity index (χ0) is 21.2. The normalized spacial score (nSPS) is 11.3. The van der Waals surface area contributed by atoms with E-state index in [4.69, 9.17) is 9.47 Å². The van der Waals surface area contributed by atoms with Crippen LogP contribution in [0, 0.1) is 5.92 Å². The molecule has 0 unspecified atom stereocenters. The highest BCUT2D eigenvalue weighted by molar-refractivity contribution is 5.95. The van der Waals surface area contributed by atoms with Gasteiger partial charge in [-0.2, -0.15) is 0 Å². The number of urea groups is 1. The molecule has 29 heavy (non-hydrogen) atoms. The van der Waals surface area contributed by atoms with Crippen LogP contribution in [0.15, 0.2) is 54.6 Å². The van der Waals surface area contributed by atoms with E-state index in [2.05, 4.69) is 16.0 Å². The zero-order valence-corrected chi connectivity index (χ0v) is 16.6. The number of anilines is 2. The number of nitrogens with one attached hydrogen (secondary N) is 3. The topological polar surface area (TPSA) is 106 Å². The third-order valence-corrected chi connectivity index (χ3v) is 3.96. The van der Waals surface area contributed by atoms with E-state index < -0.39 is 30.6 Å². The van der Waals surface area contributed by atoms with Gasteiger partial charge in [0.25, 0.3) is 5.91 Å². The summed E-state index contributed by atoms with van der Waals surface area (Å²) >= 11 is 0. The number of hydrogen-bond donors (Lipinski definition) is 3. The quantitative estimate of drug-likeness (QED) is 0.592. The van der Waals surface area contributed by atoms with Gasteiger partial charge in [0.15, 0.2) is 6.61 Å². The lowest BCUT2D eigenvalue weighted by atomic mass is 10.1. The average Bonchev–Trinajstić information content (AvgIpc) is 2.71. The van der Waals surface area contributed by atoms with Crippen LogP contribution in [0.4, 0.5) is 16.2 Å². The molecule has 0 saturated heterocycles. The number of hydrogen-bond acceptors (Lipinski definition) is 5. The van der Waals surface area contributed by atoms with E-state index in [-0.39, 0.29) is 5.92 Å². The van der Waals surface area contributed by atoms with Gasteiger partial charge in [-0.3, -0.25) is 4.79 Å². The highest BCUT2D eigenvalue weighted by atomic mass is 16.5. The van der Waals surface area contributed by atoms with E-state index in [9.17, 15) is 14.4 Å². The second-order valence-electron chi connectivity index (χ2n) is 6.57. The number of amides is 3. The molecule has 1 atom stereocenters. The van der Waals surface area contributed by atoms with E-state index in [1.54, 1.807) is 69.5 Å². The molecular formula is C21H25N3O5. The first-order valence-corrected chi connectivity index (χ1v) is 9.12. The highest BCUT2D eigenvalue weighted by Crippen LogP contribution is 2.15. The van der Waals surface area contributed by atoms with E-state index >= 15 is 0 Å². The molecule has 3 N–H and O–H groups in total. The number of methoxy groups -OCH3 is 1. The molecule has 154 valence electrons.